The Morgan fingerprint density at radius 2 is 1.95 bits per heavy atom. The summed E-state index contributed by atoms with van der Waals surface area (Å²) in [5, 5.41) is 11.2. The van der Waals surface area contributed by atoms with Crippen molar-refractivity contribution in [1.82, 2.24) is 15.5 Å². The van der Waals surface area contributed by atoms with Crippen LogP contribution >= 0.6 is 0 Å². The van der Waals surface area contributed by atoms with Gasteiger partial charge in [-0.3, -0.25) is 0 Å². The minimum absolute atomic E-state index is 0.273. The number of benzene rings is 1. The summed E-state index contributed by atoms with van der Waals surface area (Å²) in [6.07, 6.45) is 0.678. The maximum absolute atomic E-state index is 14.0. The van der Waals surface area contributed by atoms with Crippen LogP contribution in [0.15, 0.2) is 24.3 Å². The van der Waals surface area contributed by atoms with Gasteiger partial charge in [0.1, 0.15) is 0 Å². The molecule has 1 N–H and O–H groups in total. The Kier molecular flexibility index (Phi) is 4.39. The molecule has 0 spiro atoms. The lowest BCUT2D eigenvalue weighted by atomic mass is 9.96. The Morgan fingerprint density at radius 1 is 1.20 bits per heavy atom. The van der Waals surface area contributed by atoms with Crippen molar-refractivity contribution in [2.45, 2.75) is 26.3 Å². The smallest absolute Gasteiger partial charge is 0.163 e. The van der Waals surface area contributed by atoms with Gasteiger partial charge in [0.25, 0.3) is 0 Å². The Hall–Kier alpha value is -1.88. The van der Waals surface area contributed by atoms with Crippen LogP contribution in [0.5, 0.6) is 0 Å². The maximum Gasteiger partial charge on any atom is 0.163 e. The van der Waals surface area contributed by atoms with Crippen molar-refractivity contribution in [3.05, 3.63) is 58.4 Å². The minimum Gasteiger partial charge on any atom is -0.309 e. The highest BCUT2D eigenvalue weighted by Gasteiger charge is 2.21. The minimum atomic E-state index is -0.848. The summed E-state index contributed by atoms with van der Waals surface area (Å²) in [5.41, 5.74) is 2.62. The molecule has 0 fully saturated rings. The van der Waals surface area contributed by atoms with Crippen LogP contribution in [0.25, 0.3) is 0 Å². The topological polar surface area (TPSA) is 37.8 Å². The van der Waals surface area contributed by atoms with Crippen molar-refractivity contribution in [1.29, 1.82) is 0 Å². The molecular formula is C15H17F2N3. The van der Waals surface area contributed by atoms with E-state index in [-0.39, 0.29) is 5.56 Å². The summed E-state index contributed by atoms with van der Waals surface area (Å²) in [5.74, 6) is -1.68. The van der Waals surface area contributed by atoms with Crippen molar-refractivity contribution < 1.29 is 8.78 Å². The molecule has 0 amide bonds. The van der Waals surface area contributed by atoms with Gasteiger partial charge in [-0.15, -0.1) is 0 Å². The number of rotatable bonds is 4. The number of aryl methyl sites for hydroxylation is 2. The average Bonchev–Trinajstić information content (AvgIpc) is 2.44. The standard InChI is InChI=1S/C15H17F2N3/c1-4-13-11(8-9(2)19-20-13)15(18-3)10-6-5-7-12(16)14(10)17/h5-8,15,18H,4H2,1-3H3. The molecule has 0 saturated carbocycles. The number of hydrogen-bond donors (Lipinski definition) is 1. The third-order valence-corrected chi connectivity index (χ3v) is 3.25. The highest BCUT2D eigenvalue weighted by molar-refractivity contribution is 5.35. The van der Waals surface area contributed by atoms with Gasteiger partial charge in [-0.25, -0.2) is 8.78 Å². The average molecular weight is 277 g/mol. The highest BCUT2D eigenvalue weighted by atomic mass is 19.2. The van der Waals surface area contributed by atoms with E-state index in [0.717, 1.165) is 23.0 Å². The van der Waals surface area contributed by atoms with Gasteiger partial charge in [-0.05, 0) is 38.1 Å². The zero-order valence-corrected chi connectivity index (χ0v) is 11.7. The molecule has 1 unspecified atom stereocenters. The van der Waals surface area contributed by atoms with Crippen molar-refractivity contribution >= 4 is 0 Å². The first kappa shape index (κ1) is 14.5. The normalized spacial score (nSPS) is 12.4. The van der Waals surface area contributed by atoms with E-state index in [1.54, 1.807) is 13.1 Å². The van der Waals surface area contributed by atoms with Crippen molar-refractivity contribution in [3.63, 3.8) is 0 Å². The quantitative estimate of drug-likeness (QED) is 0.933. The molecule has 5 heteroatoms. The molecule has 2 aromatic rings. The summed E-state index contributed by atoms with van der Waals surface area (Å²) in [6, 6.07) is 5.61. The third kappa shape index (κ3) is 2.67. The van der Waals surface area contributed by atoms with E-state index in [0.29, 0.717) is 6.42 Å². The van der Waals surface area contributed by atoms with Gasteiger partial charge in [0, 0.05) is 5.56 Å². The van der Waals surface area contributed by atoms with Gasteiger partial charge < -0.3 is 5.32 Å². The fourth-order valence-electron chi connectivity index (χ4n) is 2.28. The lowest BCUT2D eigenvalue weighted by Gasteiger charge is -2.20. The number of halogens is 2. The van der Waals surface area contributed by atoms with Gasteiger partial charge in [0.05, 0.1) is 17.4 Å². The van der Waals surface area contributed by atoms with Crippen molar-refractivity contribution in [2.75, 3.05) is 7.05 Å². The Morgan fingerprint density at radius 3 is 2.60 bits per heavy atom. The van der Waals surface area contributed by atoms with Crippen molar-refractivity contribution in [3.8, 4) is 0 Å². The number of nitrogens with zero attached hydrogens (tertiary/aromatic N) is 2. The fraction of sp³-hybridized carbons (Fsp3) is 0.333. The van der Waals surface area contributed by atoms with Gasteiger partial charge in [-0.2, -0.15) is 10.2 Å². The van der Waals surface area contributed by atoms with Crippen LogP contribution in [0.4, 0.5) is 8.78 Å². The lowest BCUT2D eigenvalue weighted by Crippen LogP contribution is -2.22. The monoisotopic (exact) mass is 277 g/mol. The number of nitrogens with one attached hydrogen (secondary N) is 1. The summed E-state index contributed by atoms with van der Waals surface area (Å²) in [4.78, 5) is 0. The fourth-order valence-corrected chi connectivity index (χ4v) is 2.28. The second kappa shape index (κ2) is 6.05. The van der Waals surface area contributed by atoms with Crippen molar-refractivity contribution in [2.24, 2.45) is 0 Å². The van der Waals surface area contributed by atoms with Crippen LogP contribution in [-0.2, 0) is 6.42 Å². The molecule has 0 aliphatic carbocycles. The molecule has 1 aromatic carbocycles. The molecule has 0 aliphatic rings. The lowest BCUT2D eigenvalue weighted by molar-refractivity contribution is 0.486. The molecule has 2 rings (SSSR count). The summed E-state index contributed by atoms with van der Waals surface area (Å²) >= 11 is 0. The first-order chi connectivity index (χ1) is 9.58. The van der Waals surface area contributed by atoms with Crippen LogP contribution in [0, 0.1) is 18.6 Å². The molecule has 0 bridgehead atoms. The molecule has 106 valence electrons. The Balaban J connectivity index is 2.58. The molecule has 1 atom stereocenters. The van der Waals surface area contributed by atoms with Crippen LogP contribution in [0.2, 0.25) is 0 Å². The van der Waals surface area contributed by atoms with Gasteiger partial charge in [0.15, 0.2) is 11.6 Å². The van der Waals surface area contributed by atoms with E-state index in [9.17, 15) is 8.78 Å². The molecule has 20 heavy (non-hydrogen) atoms. The Labute approximate surface area is 117 Å². The zero-order chi connectivity index (χ0) is 14.7. The predicted octanol–water partition coefficient (Wildman–Crippen LogP) is 2.93. The van der Waals surface area contributed by atoms with Crippen LogP contribution in [0.3, 0.4) is 0 Å². The summed E-state index contributed by atoms with van der Waals surface area (Å²) in [6.45, 7) is 3.78. The molecule has 0 saturated heterocycles. The largest absolute Gasteiger partial charge is 0.309 e. The third-order valence-electron chi connectivity index (χ3n) is 3.25. The molecular weight excluding hydrogens is 260 g/mol. The first-order valence-electron chi connectivity index (χ1n) is 6.52. The first-order valence-corrected chi connectivity index (χ1v) is 6.52. The molecule has 3 nitrogen and oxygen atoms in total. The second-order valence-corrected chi connectivity index (χ2v) is 4.61. The van der Waals surface area contributed by atoms with Crippen LogP contribution < -0.4 is 5.32 Å². The molecule has 1 aromatic heterocycles. The van der Waals surface area contributed by atoms with E-state index in [1.165, 1.54) is 6.07 Å². The van der Waals surface area contributed by atoms with E-state index in [4.69, 9.17) is 0 Å². The van der Waals surface area contributed by atoms with E-state index < -0.39 is 17.7 Å². The number of hydrogen-bond acceptors (Lipinski definition) is 3. The van der Waals surface area contributed by atoms with E-state index >= 15 is 0 Å². The molecule has 1 heterocycles. The summed E-state index contributed by atoms with van der Waals surface area (Å²) in [7, 11) is 1.71. The van der Waals surface area contributed by atoms with Gasteiger partial charge in [0.2, 0.25) is 0 Å². The second-order valence-electron chi connectivity index (χ2n) is 4.61. The van der Waals surface area contributed by atoms with Gasteiger partial charge in [-0.1, -0.05) is 19.1 Å². The van der Waals surface area contributed by atoms with Crippen LogP contribution in [-0.4, -0.2) is 17.2 Å². The molecule has 0 aliphatic heterocycles. The summed E-state index contributed by atoms with van der Waals surface area (Å²) < 4.78 is 27.4. The van der Waals surface area contributed by atoms with E-state index in [2.05, 4.69) is 15.5 Å². The SMILES string of the molecule is CCc1nnc(C)cc1C(NC)c1cccc(F)c1F. The Bertz CT molecular complexity index is 614. The van der Waals surface area contributed by atoms with Crippen LogP contribution in [0.1, 0.15) is 35.5 Å². The highest BCUT2D eigenvalue weighted by Crippen LogP contribution is 2.27. The maximum atomic E-state index is 14.0. The van der Waals surface area contributed by atoms with Gasteiger partial charge >= 0.3 is 0 Å². The molecule has 0 radical (unpaired) electrons. The predicted molar refractivity (Wildman–Crippen MR) is 73.4 cm³/mol. The number of aromatic nitrogens is 2. The zero-order valence-electron chi connectivity index (χ0n) is 11.7. The van der Waals surface area contributed by atoms with E-state index in [1.807, 2.05) is 19.9 Å².